The van der Waals surface area contributed by atoms with Crippen LogP contribution in [0, 0.1) is 0 Å². The number of rotatable bonds is 5. The molecule has 0 fully saturated rings. The third-order valence-corrected chi connectivity index (χ3v) is 3.14. The highest BCUT2D eigenvalue weighted by molar-refractivity contribution is 6.01. The molecule has 1 aromatic carbocycles. The number of hydrogen-bond acceptors (Lipinski definition) is 2. The van der Waals surface area contributed by atoms with Gasteiger partial charge < -0.3 is 10.4 Å². The second kappa shape index (κ2) is 6.73. The molecule has 0 aliphatic heterocycles. The number of hydrogen-bond donors (Lipinski definition) is 2. The highest BCUT2D eigenvalue weighted by Gasteiger charge is 2.16. The minimum Gasteiger partial charge on any atom is -0.478 e. The second-order valence-corrected chi connectivity index (χ2v) is 4.40. The molecular formula is C15H19NO3. The van der Waals surface area contributed by atoms with E-state index >= 15 is 0 Å². The summed E-state index contributed by atoms with van der Waals surface area (Å²) in [6.07, 6.45) is 0.745. The predicted octanol–water partition coefficient (Wildman–Crippen LogP) is 2.67. The predicted molar refractivity (Wildman–Crippen MR) is 73.6 cm³/mol. The molecule has 4 heteroatoms. The summed E-state index contributed by atoms with van der Waals surface area (Å²) in [5.41, 5.74) is 1.32. The Morgan fingerprint density at radius 3 is 2.21 bits per heavy atom. The molecule has 4 nitrogen and oxygen atoms in total. The van der Waals surface area contributed by atoms with Crippen LogP contribution in [0.1, 0.15) is 38.8 Å². The molecule has 0 saturated heterocycles. The first-order chi connectivity index (χ1) is 8.97. The molecule has 0 aromatic heterocycles. The van der Waals surface area contributed by atoms with Gasteiger partial charge in [-0.15, -0.1) is 0 Å². The average molecular weight is 261 g/mol. The fourth-order valence-corrected chi connectivity index (χ4v) is 1.70. The number of benzene rings is 1. The first-order valence-corrected chi connectivity index (χ1v) is 6.24. The second-order valence-electron chi connectivity index (χ2n) is 4.40. The van der Waals surface area contributed by atoms with Gasteiger partial charge in [-0.05, 0) is 25.8 Å². The van der Waals surface area contributed by atoms with Crippen molar-refractivity contribution in [1.82, 2.24) is 5.32 Å². The number of carboxylic acid groups (broad SMARTS) is 1. The van der Waals surface area contributed by atoms with Crippen LogP contribution in [0.15, 0.2) is 41.5 Å². The highest BCUT2D eigenvalue weighted by atomic mass is 16.4. The number of amides is 1. The van der Waals surface area contributed by atoms with Crippen LogP contribution in [-0.2, 0) is 9.59 Å². The van der Waals surface area contributed by atoms with Gasteiger partial charge in [-0.25, -0.2) is 4.79 Å². The number of carbonyl (C=O) groups is 2. The molecule has 1 aromatic rings. The Kier molecular flexibility index (Phi) is 5.30. The molecule has 0 aliphatic rings. The van der Waals surface area contributed by atoms with E-state index in [1.54, 1.807) is 0 Å². The molecule has 0 heterocycles. The third-order valence-electron chi connectivity index (χ3n) is 3.14. The van der Waals surface area contributed by atoms with Crippen LogP contribution in [0.5, 0.6) is 0 Å². The zero-order valence-electron chi connectivity index (χ0n) is 11.4. The van der Waals surface area contributed by atoms with Crippen LogP contribution >= 0.6 is 0 Å². The Balaban J connectivity index is 2.86. The van der Waals surface area contributed by atoms with Crippen molar-refractivity contribution in [2.24, 2.45) is 0 Å². The van der Waals surface area contributed by atoms with E-state index in [-0.39, 0.29) is 23.1 Å². The standard InChI is InChI=1S/C15H19NO3/c1-4-13(12-8-6-5-7-9-12)16-14(17)10(2)11(3)15(18)19/h5-9,13H,4H2,1-3H3,(H,16,17)(H,18,19). The van der Waals surface area contributed by atoms with Gasteiger partial charge in [0.1, 0.15) is 0 Å². The van der Waals surface area contributed by atoms with E-state index in [1.807, 2.05) is 37.3 Å². The quantitative estimate of drug-likeness (QED) is 0.801. The van der Waals surface area contributed by atoms with Gasteiger partial charge in [0.2, 0.25) is 5.91 Å². The van der Waals surface area contributed by atoms with E-state index < -0.39 is 5.97 Å². The minimum atomic E-state index is -1.07. The van der Waals surface area contributed by atoms with Crippen molar-refractivity contribution < 1.29 is 14.7 Å². The van der Waals surface area contributed by atoms with Crippen LogP contribution in [0.3, 0.4) is 0 Å². The third kappa shape index (κ3) is 3.95. The Bertz CT molecular complexity index is 491. The lowest BCUT2D eigenvalue weighted by atomic mass is 10.0. The SMILES string of the molecule is CCC(NC(=O)C(C)=C(C)C(=O)O)c1ccccc1. The summed E-state index contributed by atoms with van der Waals surface area (Å²) in [7, 11) is 0. The van der Waals surface area contributed by atoms with E-state index in [9.17, 15) is 9.59 Å². The van der Waals surface area contributed by atoms with Crippen molar-refractivity contribution in [2.75, 3.05) is 0 Å². The van der Waals surface area contributed by atoms with Crippen molar-refractivity contribution >= 4 is 11.9 Å². The first kappa shape index (κ1) is 15.0. The van der Waals surface area contributed by atoms with Crippen LogP contribution < -0.4 is 5.32 Å². The maximum Gasteiger partial charge on any atom is 0.331 e. The molecule has 1 unspecified atom stereocenters. The van der Waals surface area contributed by atoms with Gasteiger partial charge in [0, 0.05) is 11.1 Å². The van der Waals surface area contributed by atoms with Crippen LogP contribution in [0.2, 0.25) is 0 Å². The maximum absolute atomic E-state index is 12.0. The largest absolute Gasteiger partial charge is 0.478 e. The number of aliphatic carboxylic acids is 1. The minimum absolute atomic E-state index is 0.0698. The summed E-state index contributed by atoms with van der Waals surface area (Å²) >= 11 is 0. The molecule has 0 spiro atoms. The Labute approximate surface area is 113 Å². The fourth-order valence-electron chi connectivity index (χ4n) is 1.70. The van der Waals surface area contributed by atoms with Gasteiger partial charge in [-0.2, -0.15) is 0 Å². The molecule has 1 rings (SSSR count). The van der Waals surface area contributed by atoms with Crippen molar-refractivity contribution in [3.8, 4) is 0 Å². The molecule has 1 amide bonds. The van der Waals surface area contributed by atoms with Crippen molar-refractivity contribution in [1.29, 1.82) is 0 Å². The Morgan fingerprint density at radius 1 is 1.16 bits per heavy atom. The van der Waals surface area contributed by atoms with E-state index in [4.69, 9.17) is 5.11 Å². The average Bonchev–Trinajstić information content (AvgIpc) is 2.43. The van der Waals surface area contributed by atoms with E-state index in [2.05, 4.69) is 5.32 Å². The lowest BCUT2D eigenvalue weighted by Crippen LogP contribution is -2.29. The van der Waals surface area contributed by atoms with E-state index in [0.29, 0.717) is 0 Å². The summed E-state index contributed by atoms with van der Waals surface area (Å²) in [5, 5.41) is 11.7. The van der Waals surface area contributed by atoms with Crippen molar-refractivity contribution in [3.05, 3.63) is 47.0 Å². The molecule has 1 atom stereocenters. The van der Waals surface area contributed by atoms with Gasteiger partial charge >= 0.3 is 5.97 Å². The van der Waals surface area contributed by atoms with Gasteiger partial charge in [0.15, 0.2) is 0 Å². The Morgan fingerprint density at radius 2 is 1.74 bits per heavy atom. The molecule has 0 saturated carbocycles. The maximum atomic E-state index is 12.0. The molecule has 102 valence electrons. The van der Waals surface area contributed by atoms with Crippen LogP contribution in [-0.4, -0.2) is 17.0 Å². The Hall–Kier alpha value is -2.10. The summed E-state index contributed by atoms with van der Waals surface area (Å²) in [4.78, 5) is 22.8. The summed E-state index contributed by atoms with van der Waals surface area (Å²) in [6, 6.07) is 9.52. The topological polar surface area (TPSA) is 66.4 Å². The summed E-state index contributed by atoms with van der Waals surface area (Å²) in [5.74, 6) is -1.41. The lowest BCUT2D eigenvalue weighted by Gasteiger charge is -2.18. The fraction of sp³-hybridized carbons (Fsp3) is 0.333. The normalized spacial score (nSPS) is 13.4. The van der Waals surface area contributed by atoms with E-state index in [0.717, 1.165) is 12.0 Å². The van der Waals surface area contributed by atoms with Crippen molar-refractivity contribution in [2.45, 2.75) is 33.2 Å². The van der Waals surface area contributed by atoms with Gasteiger partial charge in [0.25, 0.3) is 0 Å². The summed E-state index contributed by atoms with van der Waals surface area (Å²) in [6.45, 7) is 4.93. The molecule has 0 bridgehead atoms. The number of nitrogens with one attached hydrogen (secondary N) is 1. The lowest BCUT2D eigenvalue weighted by molar-refractivity contribution is -0.133. The monoisotopic (exact) mass is 261 g/mol. The molecule has 0 aliphatic carbocycles. The molecule has 19 heavy (non-hydrogen) atoms. The van der Waals surface area contributed by atoms with Crippen molar-refractivity contribution in [3.63, 3.8) is 0 Å². The molecular weight excluding hydrogens is 242 g/mol. The smallest absolute Gasteiger partial charge is 0.331 e. The van der Waals surface area contributed by atoms with Gasteiger partial charge in [0.05, 0.1) is 6.04 Å². The van der Waals surface area contributed by atoms with Crippen LogP contribution in [0.25, 0.3) is 0 Å². The number of carboxylic acids is 1. The van der Waals surface area contributed by atoms with Gasteiger partial charge in [-0.3, -0.25) is 4.79 Å². The first-order valence-electron chi connectivity index (χ1n) is 6.24. The molecule has 0 radical (unpaired) electrons. The highest BCUT2D eigenvalue weighted by Crippen LogP contribution is 2.17. The summed E-state index contributed by atoms with van der Waals surface area (Å²) < 4.78 is 0. The molecule has 2 N–H and O–H groups in total. The van der Waals surface area contributed by atoms with E-state index in [1.165, 1.54) is 13.8 Å². The van der Waals surface area contributed by atoms with Crippen LogP contribution in [0.4, 0.5) is 0 Å². The zero-order chi connectivity index (χ0) is 14.4. The number of carbonyl (C=O) groups excluding carboxylic acids is 1. The zero-order valence-corrected chi connectivity index (χ0v) is 11.4. The van der Waals surface area contributed by atoms with Gasteiger partial charge in [-0.1, -0.05) is 37.3 Å².